The number of carboxylic acids is 3. The predicted molar refractivity (Wildman–Crippen MR) is 39.4 cm³/mol. The maximum atomic E-state index is 10.4. The second-order valence-electron chi connectivity index (χ2n) is 2.66. The Bertz CT molecular complexity index is 374. The molecule has 0 aliphatic heterocycles. The minimum absolute atomic E-state index is 0. The molecule has 0 atom stereocenters. The number of aromatic carboxylic acids is 3. The van der Waals surface area contributed by atoms with Crippen LogP contribution in [0.25, 0.3) is 0 Å². The molecule has 0 spiro atoms. The largest absolute Gasteiger partial charge is 3.00 e. The van der Waals surface area contributed by atoms with Gasteiger partial charge in [-0.3, -0.25) is 0 Å². The van der Waals surface area contributed by atoms with E-state index in [2.05, 4.69) is 0 Å². The minimum atomic E-state index is -1.68. The van der Waals surface area contributed by atoms with Crippen LogP contribution in [0.2, 0.25) is 0 Å². The molecule has 0 bridgehead atoms. The molecule has 0 aliphatic rings. The van der Waals surface area contributed by atoms with Gasteiger partial charge >= 0.3 is 17.4 Å². The van der Waals surface area contributed by atoms with Gasteiger partial charge in [-0.15, -0.1) is 0 Å². The smallest absolute Gasteiger partial charge is 0.545 e. The van der Waals surface area contributed by atoms with Gasteiger partial charge in [0.25, 0.3) is 0 Å². The van der Waals surface area contributed by atoms with Crippen molar-refractivity contribution in [2.24, 2.45) is 0 Å². The van der Waals surface area contributed by atoms with E-state index >= 15 is 0 Å². The second kappa shape index (κ2) is 5.30. The molecule has 0 amide bonds. The molecule has 0 fully saturated rings. The monoisotopic (exact) mass is 259 g/mol. The van der Waals surface area contributed by atoms with Crippen LogP contribution in [0.3, 0.4) is 0 Å². The van der Waals surface area contributed by atoms with Gasteiger partial charge in [-0.05, 0) is 34.9 Å². The summed E-state index contributed by atoms with van der Waals surface area (Å²) in [4.78, 5) is 31.2. The Morgan fingerprint density at radius 2 is 0.875 bits per heavy atom. The van der Waals surface area contributed by atoms with Crippen molar-refractivity contribution in [1.29, 1.82) is 0 Å². The Morgan fingerprint density at radius 1 is 0.688 bits per heavy atom. The first-order valence-corrected chi connectivity index (χ1v) is 3.71. The van der Waals surface area contributed by atoms with E-state index in [1.807, 2.05) is 0 Å². The molecule has 0 saturated heterocycles. The van der Waals surface area contributed by atoms with E-state index in [0.29, 0.717) is 0 Å². The summed E-state index contributed by atoms with van der Waals surface area (Å²) in [5.74, 6) is -5.04. The molecule has 81 valence electrons. The van der Waals surface area contributed by atoms with Gasteiger partial charge in [0.2, 0.25) is 0 Å². The molecule has 1 aromatic carbocycles. The summed E-state index contributed by atoms with van der Waals surface area (Å²) in [7, 11) is 0. The molecule has 1 radical (unpaired) electrons. The quantitative estimate of drug-likeness (QED) is 0.562. The third-order valence-corrected chi connectivity index (χ3v) is 1.64. The fraction of sp³-hybridized carbons (Fsp3) is 0. The van der Waals surface area contributed by atoms with Crippen LogP contribution in [0.5, 0.6) is 0 Å². The van der Waals surface area contributed by atoms with Crippen LogP contribution in [-0.4, -0.2) is 17.9 Å². The normalized spacial score (nSPS) is 9.00. The van der Waals surface area contributed by atoms with Crippen LogP contribution in [0.4, 0.5) is 0 Å². The number of carbonyl (C=O) groups excluding carboxylic acids is 3. The van der Waals surface area contributed by atoms with E-state index in [0.717, 1.165) is 18.2 Å². The van der Waals surface area contributed by atoms with Crippen LogP contribution in [-0.2, 0) is 17.4 Å². The summed E-state index contributed by atoms with van der Waals surface area (Å²) >= 11 is 0. The number of rotatable bonds is 3. The summed E-state index contributed by atoms with van der Waals surface area (Å²) in [6.45, 7) is 0. The molecule has 1 rings (SSSR count). The predicted octanol–water partition coefficient (Wildman–Crippen LogP) is -3.23. The van der Waals surface area contributed by atoms with E-state index in [9.17, 15) is 29.7 Å². The van der Waals surface area contributed by atoms with E-state index in [4.69, 9.17) is 0 Å². The van der Waals surface area contributed by atoms with Gasteiger partial charge in [-0.2, -0.15) is 0 Å². The summed E-state index contributed by atoms with van der Waals surface area (Å²) in [6.07, 6.45) is 0. The Morgan fingerprint density at radius 3 is 1.00 bits per heavy atom. The van der Waals surface area contributed by atoms with Crippen LogP contribution in [0, 0.1) is 0 Å². The molecule has 0 aliphatic carbocycles. The van der Waals surface area contributed by atoms with Gasteiger partial charge in [0, 0.05) is 0 Å². The van der Waals surface area contributed by atoms with Crippen molar-refractivity contribution in [1.82, 2.24) is 0 Å². The molecule has 0 heterocycles. The van der Waals surface area contributed by atoms with Crippen molar-refractivity contribution >= 4 is 17.9 Å². The van der Waals surface area contributed by atoms with E-state index in [1.165, 1.54) is 0 Å². The Labute approximate surface area is 100 Å². The number of hydrogen-bond acceptors (Lipinski definition) is 6. The molecule has 0 unspecified atom stereocenters. The van der Waals surface area contributed by atoms with Crippen molar-refractivity contribution in [3.05, 3.63) is 34.9 Å². The van der Waals surface area contributed by atoms with E-state index in [-0.39, 0.29) is 17.4 Å². The standard InChI is InChI=1S/C9H6O6.Cr/c10-7(11)4-1-5(8(12)13)3-6(2-4)9(14)15;/h1-3H,(H,10,11)(H,12,13)(H,14,15);/q;+3/p-3. The molecular formula is C9H3CrO6. The van der Waals surface area contributed by atoms with E-state index in [1.54, 1.807) is 0 Å². The van der Waals surface area contributed by atoms with Crippen LogP contribution in [0.1, 0.15) is 31.1 Å². The summed E-state index contributed by atoms with van der Waals surface area (Å²) in [5.41, 5.74) is -1.68. The first-order chi connectivity index (χ1) is 6.91. The van der Waals surface area contributed by atoms with Gasteiger partial charge in [0.1, 0.15) is 0 Å². The molecule has 0 saturated carbocycles. The van der Waals surface area contributed by atoms with Crippen molar-refractivity contribution in [2.75, 3.05) is 0 Å². The minimum Gasteiger partial charge on any atom is -0.545 e. The topological polar surface area (TPSA) is 120 Å². The van der Waals surface area contributed by atoms with E-state index < -0.39 is 34.6 Å². The van der Waals surface area contributed by atoms with Gasteiger partial charge in [-0.25, -0.2) is 0 Å². The van der Waals surface area contributed by atoms with Gasteiger partial charge in [-0.1, -0.05) is 0 Å². The number of hydrogen-bond donors (Lipinski definition) is 0. The Balaban J connectivity index is 0.00000225. The zero-order chi connectivity index (χ0) is 11.6. The van der Waals surface area contributed by atoms with Gasteiger partial charge in [0.15, 0.2) is 0 Å². The van der Waals surface area contributed by atoms with Crippen molar-refractivity contribution in [2.45, 2.75) is 0 Å². The van der Waals surface area contributed by atoms with Crippen LogP contribution in [0.15, 0.2) is 18.2 Å². The summed E-state index contributed by atoms with van der Waals surface area (Å²) in [5, 5.41) is 31.2. The fourth-order valence-corrected chi connectivity index (χ4v) is 0.981. The molecule has 0 N–H and O–H groups in total. The fourth-order valence-electron chi connectivity index (χ4n) is 0.981. The van der Waals surface area contributed by atoms with Crippen LogP contribution < -0.4 is 15.3 Å². The third kappa shape index (κ3) is 3.09. The second-order valence-corrected chi connectivity index (χ2v) is 2.66. The third-order valence-electron chi connectivity index (χ3n) is 1.64. The van der Waals surface area contributed by atoms with Crippen molar-refractivity contribution < 1.29 is 47.1 Å². The van der Waals surface area contributed by atoms with Crippen molar-refractivity contribution in [3.8, 4) is 0 Å². The van der Waals surface area contributed by atoms with Gasteiger partial charge < -0.3 is 29.7 Å². The first kappa shape index (κ1) is 14.2. The van der Waals surface area contributed by atoms with Gasteiger partial charge in [0.05, 0.1) is 17.9 Å². The van der Waals surface area contributed by atoms with Crippen molar-refractivity contribution in [3.63, 3.8) is 0 Å². The summed E-state index contributed by atoms with van der Waals surface area (Å²) < 4.78 is 0. The number of carbonyl (C=O) groups is 3. The first-order valence-electron chi connectivity index (χ1n) is 3.71. The SMILES string of the molecule is O=C([O-])c1cc(C(=O)[O-])cc(C(=O)[O-])c1.[Cr+3]. The van der Waals surface area contributed by atoms with Crippen LogP contribution >= 0.6 is 0 Å². The number of carboxylic acid groups (broad SMARTS) is 3. The average molecular weight is 259 g/mol. The molecular weight excluding hydrogens is 256 g/mol. The molecule has 16 heavy (non-hydrogen) atoms. The average Bonchev–Trinajstić information content (AvgIpc) is 2.16. The zero-order valence-corrected chi connectivity index (χ0v) is 8.86. The zero-order valence-electron chi connectivity index (χ0n) is 7.59. The molecule has 0 aromatic heterocycles. The molecule has 7 heteroatoms. The Hall–Kier alpha value is -1.84. The number of benzene rings is 1. The Kier molecular flexibility index (Phi) is 4.69. The summed E-state index contributed by atoms with van der Waals surface area (Å²) in [6, 6.07) is 2.24. The maximum Gasteiger partial charge on any atom is 3.00 e. The molecule has 1 aromatic rings. The maximum absolute atomic E-state index is 10.4. The molecule has 6 nitrogen and oxygen atoms in total.